The van der Waals surface area contributed by atoms with Crippen LogP contribution >= 0.6 is 0 Å². The van der Waals surface area contributed by atoms with Gasteiger partial charge in [0.1, 0.15) is 17.6 Å². The number of amides is 2. The van der Waals surface area contributed by atoms with E-state index in [4.69, 9.17) is 10.00 Å². The maximum absolute atomic E-state index is 12.6. The number of hydrogen-bond acceptors (Lipinski definition) is 6. The Hall–Kier alpha value is -3.60. The second kappa shape index (κ2) is 9.55. The third-order valence-corrected chi connectivity index (χ3v) is 4.82. The minimum absolute atomic E-state index is 0.0270. The second-order valence-electron chi connectivity index (χ2n) is 6.76. The second-order valence-corrected chi connectivity index (χ2v) is 6.76. The molecule has 1 aromatic heterocycles. The topological polar surface area (TPSA) is 107 Å². The van der Waals surface area contributed by atoms with Crippen molar-refractivity contribution in [1.82, 2.24) is 10.3 Å². The van der Waals surface area contributed by atoms with E-state index in [0.29, 0.717) is 17.0 Å². The minimum Gasteiger partial charge on any atom is -0.484 e. The Bertz CT molecular complexity index is 899. The molecule has 2 heterocycles. The zero-order chi connectivity index (χ0) is 20.6. The molecule has 3 rings (SSSR count). The standard InChI is InChI=1S/C21H23N5O3/c1-23-20(27)14-29-18-4-2-3-17(11-18)25-21(28)16-7-9-26(10-8-16)19-6-5-15(12-22)13-24-19/h2-6,11,13,16H,7-10,14H2,1H3,(H,23,27)(H,25,28). The molecule has 2 aromatic rings. The van der Waals surface area contributed by atoms with E-state index in [-0.39, 0.29) is 24.3 Å². The summed E-state index contributed by atoms with van der Waals surface area (Å²) in [4.78, 5) is 30.4. The summed E-state index contributed by atoms with van der Waals surface area (Å²) in [5.74, 6) is 1.01. The summed E-state index contributed by atoms with van der Waals surface area (Å²) in [6, 6.07) is 12.7. The van der Waals surface area contributed by atoms with Crippen molar-refractivity contribution in [3.8, 4) is 11.8 Å². The summed E-state index contributed by atoms with van der Waals surface area (Å²) < 4.78 is 5.41. The van der Waals surface area contributed by atoms with Gasteiger partial charge in [0.05, 0.1) is 5.56 Å². The molecule has 8 nitrogen and oxygen atoms in total. The Morgan fingerprint density at radius 3 is 2.72 bits per heavy atom. The molecular formula is C21H23N5O3. The normalized spacial score (nSPS) is 14.0. The van der Waals surface area contributed by atoms with Crippen LogP contribution in [0.4, 0.5) is 11.5 Å². The largest absolute Gasteiger partial charge is 0.484 e. The third kappa shape index (κ3) is 5.45. The molecule has 0 spiro atoms. The predicted molar refractivity (Wildman–Crippen MR) is 109 cm³/mol. The quantitative estimate of drug-likeness (QED) is 0.777. The number of ether oxygens (including phenoxy) is 1. The van der Waals surface area contributed by atoms with Crippen molar-refractivity contribution < 1.29 is 14.3 Å². The lowest BCUT2D eigenvalue weighted by atomic mass is 9.95. The van der Waals surface area contributed by atoms with Gasteiger partial charge in [0.2, 0.25) is 5.91 Å². The molecule has 2 N–H and O–H groups in total. The van der Waals surface area contributed by atoms with Gasteiger partial charge in [0.15, 0.2) is 6.61 Å². The zero-order valence-corrected chi connectivity index (χ0v) is 16.2. The van der Waals surface area contributed by atoms with Crippen molar-refractivity contribution in [1.29, 1.82) is 5.26 Å². The maximum atomic E-state index is 12.6. The molecule has 1 aliphatic heterocycles. The van der Waals surface area contributed by atoms with E-state index in [0.717, 1.165) is 31.7 Å². The Kier molecular flexibility index (Phi) is 6.63. The molecule has 8 heteroatoms. The number of nitriles is 1. The SMILES string of the molecule is CNC(=O)COc1cccc(NC(=O)C2CCN(c3ccc(C#N)cn3)CC2)c1. The van der Waals surface area contributed by atoms with Crippen LogP contribution < -0.4 is 20.3 Å². The number of rotatable bonds is 6. The van der Waals surface area contributed by atoms with Crippen LogP contribution in [-0.2, 0) is 9.59 Å². The van der Waals surface area contributed by atoms with E-state index in [1.165, 1.54) is 0 Å². The van der Waals surface area contributed by atoms with Crippen LogP contribution in [0.5, 0.6) is 5.75 Å². The van der Waals surface area contributed by atoms with Gasteiger partial charge in [-0.25, -0.2) is 4.98 Å². The van der Waals surface area contributed by atoms with Gasteiger partial charge in [-0.2, -0.15) is 5.26 Å². The van der Waals surface area contributed by atoms with Crippen molar-refractivity contribution in [3.63, 3.8) is 0 Å². The van der Waals surface area contributed by atoms with Crippen molar-refractivity contribution in [2.45, 2.75) is 12.8 Å². The van der Waals surface area contributed by atoms with Gasteiger partial charge in [0, 0.05) is 44.0 Å². The molecule has 1 saturated heterocycles. The third-order valence-electron chi connectivity index (χ3n) is 4.82. The first-order chi connectivity index (χ1) is 14.1. The highest BCUT2D eigenvalue weighted by Crippen LogP contribution is 2.24. The smallest absolute Gasteiger partial charge is 0.257 e. The fourth-order valence-corrected chi connectivity index (χ4v) is 3.14. The van der Waals surface area contributed by atoms with Gasteiger partial charge in [-0.15, -0.1) is 0 Å². The van der Waals surface area contributed by atoms with Gasteiger partial charge < -0.3 is 20.3 Å². The molecule has 2 amide bonds. The Balaban J connectivity index is 1.52. The number of nitrogens with zero attached hydrogens (tertiary/aromatic N) is 3. The van der Waals surface area contributed by atoms with Gasteiger partial charge >= 0.3 is 0 Å². The molecule has 29 heavy (non-hydrogen) atoms. The van der Waals surface area contributed by atoms with Crippen molar-refractivity contribution in [2.75, 3.05) is 37.0 Å². The van der Waals surface area contributed by atoms with Gasteiger partial charge in [-0.1, -0.05) is 6.07 Å². The van der Waals surface area contributed by atoms with E-state index < -0.39 is 0 Å². The van der Waals surface area contributed by atoms with Gasteiger partial charge in [0.25, 0.3) is 5.91 Å². The fraction of sp³-hybridized carbons (Fsp3) is 0.333. The molecule has 0 unspecified atom stereocenters. The molecule has 0 atom stereocenters. The summed E-state index contributed by atoms with van der Waals surface area (Å²) in [5, 5.41) is 14.3. The predicted octanol–water partition coefficient (Wildman–Crippen LogP) is 1.93. The van der Waals surface area contributed by atoms with E-state index >= 15 is 0 Å². The summed E-state index contributed by atoms with van der Waals surface area (Å²) >= 11 is 0. The lowest BCUT2D eigenvalue weighted by molar-refractivity contribution is -0.122. The molecule has 0 aliphatic carbocycles. The highest BCUT2D eigenvalue weighted by atomic mass is 16.5. The van der Waals surface area contributed by atoms with Crippen LogP contribution in [-0.4, -0.2) is 43.5 Å². The lowest BCUT2D eigenvalue weighted by Gasteiger charge is -2.32. The average molecular weight is 393 g/mol. The molecule has 1 fully saturated rings. The molecule has 0 saturated carbocycles. The van der Waals surface area contributed by atoms with Crippen LogP contribution in [0.15, 0.2) is 42.6 Å². The summed E-state index contributed by atoms with van der Waals surface area (Å²) in [5.41, 5.74) is 1.17. The Morgan fingerprint density at radius 1 is 1.28 bits per heavy atom. The average Bonchev–Trinajstić information content (AvgIpc) is 2.78. The Morgan fingerprint density at radius 2 is 2.07 bits per heavy atom. The number of hydrogen-bond donors (Lipinski definition) is 2. The number of carbonyl (C=O) groups is 2. The summed E-state index contributed by atoms with van der Waals surface area (Å²) in [6.45, 7) is 1.38. The van der Waals surface area contributed by atoms with Crippen molar-refractivity contribution >= 4 is 23.3 Å². The number of carbonyl (C=O) groups excluding carboxylic acids is 2. The number of benzene rings is 1. The van der Waals surface area contributed by atoms with Crippen LogP contribution in [0, 0.1) is 17.2 Å². The first-order valence-electron chi connectivity index (χ1n) is 9.44. The van der Waals surface area contributed by atoms with Crippen molar-refractivity contribution in [3.05, 3.63) is 48.2 Å². The number of anilines is 2. The van der Waals surface area contributed by atoms with Gasteiger partial charge in [-0.3, -0.25) is 9.59 Å². The van der Waals surface area contributed by atoms with E-state index in [1.807, 2.05) is 6.07 Å². The Labute approximate surface area is 169 Å². The number of pyridine rings is 1. The van der Waals surface area contributed by atoms with E-state index in [9.17, 15) is 9.59 Å². The highest BCUT2D eigenvalue weighted by Gasteiger charge is 2.25. The first-order valence-corrected chi connectivity index (χ1v) is 9.44. The molecule has 150 valence electrons. The highest BCUT2D eigenvalue weighted by molar-refractivity contribution is 5.92. The number of piperidine rings is 1. The van der Waals surface area contributed by atoms with Crippen LogP contribution in [0.3, 0.4) is 0 Å². The zero-order valence-electron chi connectivity index (χ0n) is 16.2. The van der Waals surface area contributed by atoms with Crippen LogP contribution in [0.1, 0.15) is 18.4 Å². The molecule has 0 bridgehead atoms. The van der Waals surface area contributed by atoms with Crippen LogP contribution in [0.25, 0.3) is 0 Å². The van der Waals surface area contributed by atoms with Crippen LogP contribution in [0.2, 0.25) is 0 Å². The molecular weight excluding hydrogens is 370 g/mol. The van der Waals surface area contributed by atoms with Gasteiger partial charge in [-0.05, 0) is 37.1 Å². The lowest BCUT2D eigenvalue weighted by Crippen LogP contribution is -2.38. The van der Waals surface area contributed by atoms with E-state index in [2.05, 4.69) is 26.6 Å². The monoisotopic (exact) mass is 393 g/mol. The fourth-order valence-electron chi connectivity index (χ4n) is 3.14. The maximum Gasteiger partial charge on any atom is 0.257 e. The summed E-state index contributed by atoms with van der Waals surface area (Å²) in [6.07, 6.45) is 3.01. The number of likely N-dealkylation sites (N-methyl/N-ethyl adjacent to an activating group) is 1. The first kappa shape index (κ1) is 20.1. The number of nitrogens with one attached hydrogen (secondary N) is 2. The molecule has 0 radical (unpaired) electrons. The van der Waals surface area contributed by atoms with E-state index in [1.54, 1.807) is 43.6 Å². The van der Waals surface area contributed by atoms with Crippen molar-refractivity contribution in [2.24, 2.45) is 5.92 Å². The number of aromatic nitrogens is 1. The minimum atomic E-state index is -0.219. The molecule has 1 aliphatic rings. The summed E-state index contributed by atoms with van der Waals surface area (Å²) in [7, 11) is 1.55. The molecule has 1 aromatic carbocycles.